The summed E-state index contributed by atoms with van der Waals surface area (Å²) in [5.41, 5.74) is 1.51. The lowest BCUT2D eigenvalue weighted by Gasteiger charge is -2.18. The van der Waals surface area contributed by atoms with Gasteiger partial charge in [0.15, 0.2) is 19.0 Å². The number of esters is 1. The molecular formula is C18H15N5O5. The molecule has 0 spiro atoms. The number of benzene rings is 1. The maximum atomic E-state index is 12.4. The van der Waals surface area contributed by atoms with Gasteiger partial charge in [-0.2, -0.15) is 10.1 Å². The maximum Gasteiger partial charge on any atom is 0.342 e. The number of hydrogen-bond donors (Lipinski definition) is 1. The lowest BCUT2D eigenvalue weighted by molar-refractivity contribution is -0.118. The molecule has 1 aliphatic heterocycles. The van der Waals surface area contributed by atoms with E-state index < -0.39 is 18.4 Å². The monoisotopic (exact) mass is 381 g/mol. The van der Waals surface area contributed by atoms with Crippen molar-refractivity contribution in [2.24, 2.45) is 0 Å². The van der Waals surface area contributed by atoms with E-state index in [2.05, 4.69) is 20.4 Å². The van der Waals surface area contributed by atoms with Crippen molar-refractivity contribution >= 4 is 29.1 Å². The minimum absolute atomic E-state index is 0.0676. The number of nitrogens with zero attached hydrogens (tertiary/aromatic N) is 4. The molecule has 0 unspecified atom stereocenters. The summed E-state index contributed by atoms with van der Waals surface area (Å²) in [6.07, 6.45) is 3.21. The van der Waals surface area contributed by atoms with Gasteiger partial charge in [0.05, 0.1) is 16.9 Å². The van der Waals surface area contributed by atoms with E-state index in [1.54, 1.807) is 12.1 Å². The van der Waals surface area contributed by atoms with Crippen molar-refractivity contribution in [3.8, 4) is 5.75 Å². The molecule has 0 aliphatic carbocycles. The van der Waals surface area contributed by atoms with Crippen LogP contribution in [0.4, 0.5) is 5.69 Å². The Morgan fingerprint density at radius 1 is 1.32 bits per heavy atom. The third-order valence-corrected chi connectivity index (χ3v) is 4.23. The maximum absolute atomic E-state index is 12.4. The van der Waals surface area contributed by atoms with E-state index in [-0.39, 0.29) is 23.6 Å². The molecular weight excluding hydrogens is 366 g/mol. The third-order valence-electron chi connectivity index (χ3n) is 4.23. The van der Waals surface area contributed by atoms with Crippen LogP contribution in [0.25, 0.3) is 5.78 Å². The number of ketones is 1. The average molecular weight is 381 g/mol. The number of nitrogens with one attached hydrogen (secondary N) is 1. The molecule has 10 heteroatoms. The number of ether oxygens (including phenoxy) is 2. The molecule has 1 aromatic carbocycles. The molecule has 4 rings (SSSR count). The van der Waals surface area contributed by atoms with E-state index in [0.717, 1.165) is 0 Å². The fourth-order valence-corrected chi connectivity index (χ4v) is 2.88. The lowest BCUT2D eigenvalue weighted by Crippen LogP contribution is -2.25. The number of hydrogen-bond acceptors (Lipinski definition) is 8. The molecule has 28 heavy (non-hydrogen) atoms. The Morgan fingerprint density at radius 2 is 2.18 bits per heavy atom. The molecule has 142 valence electrons. The Hall–Kier alpha value is -3.82. The number of fused-ring (bicyclic) bond motifs is 2. The number of aromatic nitrogens is 4. The van der Waals surface area contributed by atoms with Crippen molar-refractivity contribution in [2.45, 2.75) is 13.3 Å². The van der Waals surface area contributed by atoms with E-state index in [4.69, 9.17) is 9.47 Å². The first-order valence-corrected chi connectivity index (χ1v) is 8.51. The van der Waals surface area contributed by atoms with Crippen molar-refractivity contribution in [1.29, 1.82) is 0 Å². The molecule has 1 amide bonds. The molecule has 3 heterocycles. The summed E-state index contributed by atoms with van der Waals surface area (Å²) in [5, 5.41) is 6.67. The first-order chi connectivity index (χ1) is 13.6. The number of Topliss-reactive ketones (excluding diaryl/α,β-unsaturated/α-hetero) is 1. The highest BCUT2D eigenvalue weighted by Crippen LogP contribution is 2.28. The first kappa shape index (κ1) is 17.6. The summed E-state index contributed by atoms with van der Waals surface area (Å²) in [4.78, 5) is 44.3. The van der Waals surface area contributed by atoms with Crippen molar-refractivity contribution in [1.82, 2.24) is 19.6 Å². The zero-order valence-corrected chi connectivity index (χ0v) is 14.8. The highest BCUT2D eigenvalue weighted by atomic mass is 16.5. The van der Waals surface area contributed by atoms with Crippen LogP contribution in [0.5, 0.6) is 5.75 Å². The van der Waals surface area contributed by atoms with Crippen LogP contribution in [0.2, 0.25) is 0 Å². The summed E-state index contributed by atoms with van der Waals surface area (Å²) in [6.45, 7) is 1.34. The van der Waals surface area contributed by atoms with Crippen LogP contribution >= 0.6 is 0 Å². The molecule has 1 N–H and O–H groups in total. The van der Waals surface area contributed by atoms with Gasteiger partial charge in [-0.1, -0.05) is 6.92 Å². The van der Waals surface area contributed by atoms with Crippen molar-refractivity contribution < 1.29 is 23.9 Å². The van der Waals surface area contributed by atoms with Crippen molar-refractivity contribution in [3.63, 3.8) is 0 Å². The topological polar surface area (TPSA) is 125 Å². The van der Waals surface area contributed by atoms with Crippen LogP contribution in [0, 0.1) is 0 Å². The third kappa shape index (κ3) is 3.15. The smallest absolute Gasteiger partial charge is 0.342 e. The first-order valence-electron chi connectivity index (χ1n) is 8.51. The summed E-state index contributed by atoms with van der Waals surface area (Å²) in [7, 11) is 0. The molecule has 3 aromatic rings. The fraction of sp³-hybridized carbons (Fsp3) is 0.222. The lowest BCUT2D eigenvalue weighted by atomic mass is 10.1. The van der Waals surface area contributed by atoms with Gasteiger partial charge in [-0.25, -0.2) is 14.3 Å². The van der Waals surface area contributed by atoms with Crippen molar-refractivity contribution in [3.05, 3.63) is 47.5 Å². The van der Waals surface area contributed by atoms with Gasteiger partial charge in [-0.15, -0.1) is 0 Å². The molecule has 0 bridgehead atoms. The molecule has 2 aromatic heterocycles. The zero-order valence-electron chi connectivity index (χ0n) is 14.8. The predicted molar refractivity (Wildman–Crippen MR) is 95.3 cm³/mol. The summed E-state index contributed by atoms with van der Waals surface area (Å²) in [6, 6.07) is 4.62. The number of rotatable bonds is 5. The second-order valence-electron chi connectivity index (χ2n) is 5.99. The van der Waals surface area contributed by atoms with Gasteiger partial charge in [0.2, 0.25) is 0 Å². The number of carbonyl (C=O) groups is 3. The molecule has 0 atom stereocenters. The minimum Gasteiger partial charge on any atom is -0.482 e. The van der Waals surface area contributed by atoms with Gasteiger partial charge in [-0.05, 0) is 24.6 Å². The predicted octanol–water partition coefficient (Wildman–Crippen LogP) is 1.06. The second-order valence-corrected chi connectivity index (χ2v) is 5.99. The number of carbonyl (C=O) groups excluding carboxylic acids is 3. The van der Waals surface area contributed by atoms with Crippen LogP contribution in [-0.4, -0.2) is 50.5 Å². The zero-order chi connectivity index (χ0) is 19.7. The minimum atomic E-state index is -0.676. The Kier molecular flexibility index (Phi) is 4.44. The highest BCUT2D eigenvalue weighted by Gasteiger charge is 2.20. The van der Waals surface area contributed by atoms with E-state index >= 15 is 0 Å². The van der Waals surface area contributed by atoms with Gasteiger partial charge in [0, 0.05) is 11.8 Å². The number of aryl methyl sites for hydroxylation is 1. The van der Waals surface area contributed by atoms with E-state index in [9.17, 15) is 14.4 Å². The molecule has 0 saturated carbocycles. The Morgan fingerprint density at radius 3 is 3.00 bits per heavy atom. The average Bonchev–Trinajstić information content (AvgIpc) is 3.19. The molecule has 0 radical (unpaired) electrons. The van der Waals surface area contributed by atoms with Crippen LogP contribution in [0.15, 0.2) is 30.7 Å². The highest BCUT2D eigenvalue weighted by molar-refractivity contribution is 6.02. The van der Waals surface area contributed by atoms with E-state index in [1.165, 1.54) is 23.1 Å². The van der Waals surface area contributed by atoms with E-state index in [1.807, 2.05) is 6.92 Å². The number of amides is 1. The van der Waals surface area contributed by atoms with Gasteiger partial charge in [-0.3, -0.25) is 9.59 Å². The molecule has 10 nitrogen and oxygen atoms in total. The Bertz CT molecular complexity index is 1110. The summed E-state index contributed by atoms with van der Waals surface area (Å²) >= 11 is 0. The molecule has 0 saturated heterocycles. The van der Waals surface area contributed by atoms with Crippen molar-refractivity contribution in [2.75, 3.05) is 18.5 Å². The second kappa shape index (κ2) is 7.06. The van der Waals surface area contributed by atoms with Crippen LogP contribution < -0.4 is 10.1 Å². The summed E-state index contributed by atoms with van der Waals surface area (Å²) < 4.78 is 11.9. The molecule has 1 aliphatic rings. The van der Waals surface area contributed by atoms with Gasteiger partial charge in [0.25, 0.3) is 11.7 Å². The van der Waals surface area contributed by atoms with Gasteiger partial charge < -0.3 is 14.8 Å². The Balaban J connectivity index is 1.49. The summed E-state index contributed by atoms with van der Waals surface area (Å²) in [5.74, 6) is -0.532. The normalized spacial score (nSPS) is 12.8. The largest absolute Gasteiger partial charge is 0.482 e. The van der Waals surface area contributed by atoms with E-state index in [0.29, 0.717) is 29.3 Å². The quantitative estimate of drug-likeness (QED) is 0.514. The Labute approximate surface area is 158 Å². The standard InChI is InChI=1S/C18H15N5O5/c1-2-13-11(6-19-18-20-9-21-23(13)18)17(26)28-7-14(24)10-3-4-15-12(5-10)22-16(25)8-27-15/h3-6,9H,2,7-8H2,1H3,(H,22,25). The SMILES string of the molecule is CCc1c(C(=O)OCC(=O)c2ccc3c(c2)NC(=O)CO3)cnc2ncnn12. The number of anilines is 1. The van der Waals surface area contributed by atoms with Crippen LogP contribution in [-0.2, 0) is 16.0 Å². The van der Waals surface area contributed by atoms with Gasteiger partial charge >= 0.3 is 5.97 Å². The van der Waals surface area contributed by atoms with Crippen LogP contribution in [0.3, 0.4) is 0 Å². The van der Waals surface area contributed by atoms with Gasteiger partial charge in [0.1, 0.15) is 12.1 Å². The fourth-order valence-electron chi connectivity index (χ4n) is 2.88. The van der Waals surface area contributed by atoms with Crippen LogP contribution in [0.1, 0.15) is 33.3 Å². The molecule has 0 fully saturated rings.